The van der Waals surface area contributed by atoms with Crippen molar-refractivity contribution in [1.29, 1.82) is 0 Å². The van der Waals surface area contributed by atoms with Crippen LogP contribution in [0.4, 0.5) is 26.7 Å². The Balaban J connectivity index is 1.16. The van der Waals surface area contributed by atoms with Gasteiger partial charge in [0.05, 0.1) is 25.3 Å². The molecular weight excluding hydrogens is 533 g/mol. The van der Waals surface area contributed by atoms with Crippen LogP contribution < -0.4 is 4.74 Å². The van der Waals surface area contributed by atoms with Crippen LogP contribution >= 0.6 is 0 Å². The Bertz CT molecular complexity index is 1410. The number of halogens is 5. The number of nitrogens with zero attached hydrogens (tertiary/aromatic N) is 1. The van der Waals surface area contributed by atoms with Crippen molar-refractivity contribution in [2.75, 3.05) is 19.8 Å². The molecule has 1 amide bonds. The summed E-state index contributed by atoms with van der Waals surface area (Å²) in [4.78, 5) is 15.0. The average molecular weight is 558 g/mol. The van der Waals surface area contributed by atoms with Crippen molar-refractivity contribution in [3.63, 3.8) is 0 Å². The SMILES string of the molecule is O=C(OCC1c2ccccc2-c2ccccc21)N1C2C=C(c3ccc(OC(F)(F)C(F)(F)F)cc3)CC1COC2. The van der Waals surface area contributed by atoms with E-state index in [0.29, 0.717) is 12.0 Å². The van der Waals surface area contributed by atoms with E-state index in [-0.39, 0.29) is 31.8 Å². The Labute approximate surface area is 226 Å². The van der Waals surface area contributed by atoms with E-state index in [9.17, 15) is 26.7 Å². The van der Waals surface area contributed by atoms with Gasteiger partial charge in [-0.05, 0) is 51.9 Å². The second kappa shape index (κ2) is 9.92. The van der Waals surface area contributed by atoms with Crippen molar-refractivity contribution >= 4 is 11.7 Å². The topological polar surface area (TPSA) is 48.0 Å². The van der Waals surface area contributed by atoms with E-state index in [1.807, 2.05) is 42.5 Å². The molecule has 0 aromatic heterocycles. The van der Waals surface area contributed by atoms with Gasteiger partial charge < -0.3 is 14.2 Å². The van der Waals surface area contributed by atoms with E-state index < -0.39 is 30.2 Å². The molecule has 0 radical (unpaired) electrons. The maximum atomic E-state index is 13.3. The number of rotatable bonds is 5. The third kappa shape index (κ3) is 4.70. The molecule has 3 aliphatic rings. The number of amides is 1. The Morgan fingerprint density at radius 1 is 0.875 bits per heavy atom. The summed E-state index contributed by atoms with van der Waals surface area (Å²) in [6.07, 6.45) is -9.32. The molecule has 2 unspecified atom stereocenters. The van der Waals surface area contributed by atoms with Gasteiger partial charge in [0, 0.05) is 5.92 Å². The number of ether oxygens (including phenoxy) is 3. The molecule has 2 atom stereocenters. The third-order valence-electron chi connectivity index (χ3n) is 7.55. The summed E-state index contributed by atoms with van der Waals surface area (Å²) in [6.45, 7) is 0.727. The second-order valence-corrected chi connectivity index (χ2v) is 10.0. The van der Waals surface area contributed by atoms with Crippen LogP contribution in [0.15, 0.2) is 78.9 Å². The van der Waals surface area contributed by atoms with E-state index in [0.717, 1.165) is 40.0 Å². The molecule has 0 spiro atoms. The monoisotopic (exact) mass is 557 g/mol. The number of fused-ring (bicyclic) bond motifs is 5. The lowest BCUT2D eigenvalue weighted by Gasteiger charge is -2.44. The van der Waals surface area contributed by atoms with E-state index in [4.69, 9.17) is 9.47 Å². The number of carbonyl (C=O) groups is 1. The van der Waals surface area contributed by atoms with Crippen molar-refractivity contribution in [2.45, 2.75) is 36.7 Å². The lowest BCUT2D eigenvalue weighted by atomic mass is 9.90. The number of hydrogen-bond donors (Lipinski definition) is 0. The van der Waals surface area contributed by atoms with Crippen molar-refractivity contribution in [1.82, 2.24) is 4.90 Å². The van der Waals surface area contributed by atoms with Gasteiger partial charge in [-0.3, -0.25) is 4.90 Å². The van der Waals surface area contributed by atoms with Gasteiger partial charge in [0.15, 0.2) is 0 Å². The first-order valence-electron chi connectivity index (χ1n) is 12.8. The molecule has 208 valence electrons. The standard InChI is InChI=1S/C30H24F5NO4/c31-29(32,33)30(34,35)40-22-11-9-18(10-12-22)19-13-20-15-38-16-21(14-19)36(20)28(37)39-17-27-25-7-3-1-5-23(25)24-6-2-4-8-26(24)27/h1-13,20-21,27H,14-17H2. The minimum absolute atomic E-state index is 0.0752. The molecule has 3 aromatic carbocycles. The first-order chi connectivity index (χ1) is 19.1. The molecule has 5 nitrogen and oxygen atoms in total. The highest BCUT2D eigenvalue weighted by Gasteiger charge is 2.61. The van der Waals surface area contributed by atoms with E-state index >= 15 is 0 Å². The average Bonchev–Trinajstić information content (AvgIpc) is 3.24. The van der Waals surface area contributed by atoms with Crippen molar-refractivity contribution < 1.29 is 41.0 Å². The molecule has 0 N–H and O–H groups in total. The largest absolute Gasteiger partial charge is 0.499 e. The number of morpholine rings is 1. The molecule has 2 aliphatic heterocycles. The highest BCUT2D eigenvalue weighted by atomic mass is 19.4. The maximum absolute atomic E-state index is 13.3. The summed E-state index contributed by atoms with van der Waals surface area (Å²) in [7, 11) is 0. The number of benzene rings is 3. The van der Waals surface area contributed by atoms with Gasteiger partial charge in [-0.25, -0.2) is 4.79 Å². The molecule has 2 heterocycles. The van der Waals surface area contributed by atoms with E-state index in [1.165, 1.54) is 12.1 Å². The smallest absolute Gasteiger partial charge is 0.448 e. The number of hydrogen-bond acceptors (Lipinski definition) is 4. The zero-order valence-electron chi connectivity index (χ0n) is 21.0. The van der Waals surface area contributed by atoms with Crippen molar-refractivity contribution in [2.24, 2.45) is 0 Å². The minimum Gasteiger partial charge on any atom is -0.448 e. The van der Waals surface area contributed by atoms with Gasteiger partial charge in [0.1, 0.15) is 12.4 Å². The predicted octanol–water partition coefficient (Wildman–Crippen LogP) is 7.03. The lowest BCUT2D eigenvalue weighted by Crippen LogP contribution is -2.56. The molecule has 6 rings (SSSR count). The van der Waals surface area contributed by atoms with Crippen LogP contribution in [-0.4, -0.2) is 55.2 Å². The van der Waals surface area contributed by atoms with Crippen LogP contribution in [0.25, 0.3) is 16.7 Å². The first kappa shape index (κ1) is 26.3. The van der Waals surface area contributed by atoms with E-state index in [2.05, 4.69) is 16.9 Å². The van der Waals surface area contributed by atoms with Crippen LogP contribution in [0, 0.1) is 0 Å². The maximum Gasteiger partial charge on any atom is 0.499 e. The minimum atomic E-state index is -5.82. The summed E-state index contributed by atoms with van der Waals surface area (Å²) in [6, 6.07) is 20.4. The summed E-state index contributed by atoms with van der Waals surface area (Å²) in [5.41, 5.74) is 5.95. The van der Waals surface area contributed by atoms with Gasteiger partial charge in [-0.15, -0.1) is 0 Å². The molecule has 1 aliphatic carbocycles. The van der Waals surface area contributed by atoms with Gasteiger partial charge in [0.25, 0.3) is 0 Å². The van der Waals surface area contributed by atoms with Crippen LogP contribution in [0.5, 0.6) is 5.75 Å². The molecule has 10 heteroatoms. The molecule has 0 saturated carbocycles. The fourth-order valence-electron chi connectivity index (χ4n) is 5.71. The fourth-order valence-corrected chi connectivity index (χ4v) is 5.71. The Kier molecular flexibility index (Phi) is 6.53. The highest BCUT2D eigenvalue weighted by Crippen LogP contribution is 2.45. The predicted molar refractivity (Wildman–Crippen MR) is 136 cm³/mol. The Morgan fingerprint density at radius 2 is 1.50 bits per heavy atom. The van der Waals surface area contributed by atoms with Crippen molar-refractivity contribution in [3.05, 3.63) is 95.6 Å². The zero-order valence-corrected chi connectivity index (χ0v) is 21.0. The molecule has 3 aromatic rings. The highest BCUT2D eigenvalue weighted by molar-refractivity contribution is 5.79. The molecule has 1 saturated heterocycles. The Morgan fingerprint density at radius 3 is 2.10 bits per heavy atom. The number of alkyl halides is 5. The van der Waals surface area contributed by atoms with Crippen LogP contribution in [0.2, 0.25) is 0 Å². The third-order valence-corrected chi connectivity index (χ3v) is 7.55. The van der Waals surface area contributed by atoms with Crippen molar-refractivity contribution in [3.8, 4) is 16.9 Å². The second-order valence-electron chi connectivity index (χ2n) is 10.0. The summed E-state index contributed by atoms with van der Waals surface area (Å²) < 4.78 is 79.3. The normalized spacial score (nSPS) is 20.4. The molecule has 40 heavy (non-hydrogen) atoms. The van der Waals surface area contributed by atoms with Gasteiger partial charge in [-0.2, -0.15) is 22.0 Å². The fraction of sp³-hybridized carbons (Fsp3) is 0.300. The van der Waals surface area contributed by atoms with E-state index in [1.54, 1.807) is 4.90 Å². The van der Waals surface area contributed by atoms with Gasteiger partial charge in [0.2, 0.25) is 0 Å². The summed E-state index contributed by atoms with van der Waals surface area (Å²) >= 11 is 0. The van der Waals surface area contributed by atoms with Gasteiger partial charge in [-0.1, -0.05) is 66.7 Å². The quantitative estimate of drug-likeness (QED) is 0.316. The first-order valence-corrected chi connectivity index (χ1v) is 12.8. The molecule has 2 bridgehead atoms. The van der Waals surface area contributed by atoms with Crippen LogP contribution in [-0.2, 0) is 9.47 Å². The number of carbonyl (C=O) groups excluding carboxylic acids is 1. The zero-order chi connectivity index (χ0) is 28.1. The molecular formula is C30H24F5NO4. The Hall–Kier alpha value is -3.92. The summed E-state index contributed by atoms with van der Waals surface area (Å²) in [5, 5.41) is 0. The van der Waals surface area contributed by atoms with Crippen LogP contribution in [0.1, 0.15) is 29.0 Å². The lowest BCUT2D eigenvalue weighted by molar-refractivity contribution is -0.360. The molecule has 1 fully saturated rings. The summed E-state index contributed by atoms with van der Waals surface area (Å²) in [5.74, 6) is -0.680. The van der Waals surface area contributed by atoms with Crippen LogP contribution in [0.3, 0.4) is 0 Å². The van der Waals surface area contributed by atoms with Gasteiger partial charge >= 0.3 is 18.4 Å².